The highest BCUT2D eigenvalue weighted by atomic mass is 19.1. The van der Waals surface area contributed by atoms with E-state index < -0.39 is 0 Å². The Morgan fingerprint density at radius 3 is 2.50 bits per heavy atom. The van der Waals surface area contributed by atoms with Gasteiger partial charge in [0.05, 0.1) is 6.10 Å². The summed E-state index contributed by atoms with van der Waals surface area (Å²) < 4.78 is 18.7. The highest BCUT2D eigenvalue weighted by molar-refractivity contribution is 5.92. The van der Waals surface area contributed by atoms with Crippen molar-refractivity contribution in [3.8, 4) is 5.88 Å². The summed E-state index contributed by atoms with van der Waals surface area (Å²) in [5.41, 5.74) is 0.611. The molecule has 1 saturated heterocycles. The maximum atomic E-state index is 13.0. The monoisotopic (exact) mass is 358 g/mol. The van der Waals surface area contributed by atoms with Crippen molar-refractivity contribution in [2.24, 2.45) is 5.92 Å². The Kier molecular flexibility index (Phi) is 5.65. The molecule has 0 spiro atoms. The summed E-state index contributed by atoms with van der Waals surface area (Å²) in [6, 6.07) is 5.81. The zero-order valence-corrected chi connectivity index (χ0v) is 15.0. The Morgan fingerprint density at radius 1 is 1.19 bits per heavy atom. The lowest BCUT2D eigenvalue weighted by molar-refractivity contribution is -0.120. The van der Waals surface area contributed by atoms with Gasteiger partial charge in [-0.05, 0) is 51.0 Å². The van der Waals surface area contributed by atoms with E-state index >= 15 is 0 Å². The van der Waals surface area contributed by atoms with Crippen LogP contribution in [0.2, 0.25) is 0 Å². The molecule has 0 radical (unpaired) electrons. The van der Waals surface area contributed by atoms with Gasteiger partial charge in [-0.2, -0.15) is 0 Å². The summed E-state index contributed by atoms with van der Waals surface area (Å²) in [6.07, 6.45) is 4.71. The number of hydrogen-bond acceptors (Lipinski definition) is 5. The van der Waals surface area contributed by atoms with Crippen molar-refractivity contribution in [3.05, 3.63) is 42.5 Å². The summed E-state index contributed by atoms with van der Waals surface area (Å²) in [7, 11) is 0. The Morgan fingerprint density at radius 2 is 1.85 bits per heavy atom. The third-order valence-corrected chi connectivity index (χ3v) is 4.27. The van der Waals surface area contributed by atoms with Crippen LogP contribution in [0.15, 0.2) is 36.7 Å². The van der Waals surface area contributed by atoms with Crippen molar-refractivity contribution in [2.75, 3.05) is 23.3 Å². The molecule has 0 aliphatic carbocycles. The van der Waals surface area contributed by atoms with Crippen LogP contribution in [-0.4, -0.2) is 35.1 Å². The van der Waals surface area contributed by atoms with E-state index in [0.717, 1.165) is 5.82 Å². The summed E-state index contributed by atoms with van der Waals surface area (Å²) in [6.45, 7) is 5.30. The fraction of sp³-hybridized carbons (Fsp3) is 0.421. The number of hydrogen-bond donors (Lipinski definition) is 1. The van der Waals surface area contributed by atoms with Gasteiger partial charge in [0.1, 0.15) is 5.82 Å². The van der Waals surface area contributed by atoms with Gasteiger partial charge in [-0.15, -0.1) is 0 Å². The molecule has 1 aliphatic heterocycles. The van der Waals surface area contributed by atoms with Crippen LogP contribution < -0.4 is 15.0 Å². The average Bonchev–Trinajstić information content (AvgIpc) is 2.64. The SMILES string of the molecule is CC(C)Oc1nccnc1N1CCC(C(=O)Nc2ccc(F)cc2)CC1. The molecule has 138 valence electrons. The number of piperidine rings is 1. The molecule has 0 atom stereocenters. The molecule has 7 heteroatoms. The first-order valence-corrected chi connectivity index (χ1v) is 8.82. The van der Waals surface area contributed by atoms with Gasteiger partial charge in [0.2, 0.25) is 5.91 Å². The van der Waals surface area contributed by atoms with Crippen molar-refractivity contribution in [1.82, 2.24) is 9.97 Å². The minimum absolute atomic E-state index is 0.0180. The van der Waals surface area contributed by atoms with Crippen molar-refractivity contribution >= 4 is 17.4 Å². The lowest BCUT2D eigenvalue weighted by atomic mass is 9.96. The van der Waals surface area contributed by atoms with Crippen LogP contribution in [0.25, 0.3) is 0 Å². The van der Waals surface area contributed by atoms with E-state index in [1.54, 1.807) is 24.5 Å². The summed E-state index contributed by atoms with van der Waals surface area (Å²) in [4.78, 5) is 23.2. The Balaban J connectivity index is 1.59. The first-order valence-electron chi connectivity index (χ1n) is 8.82. The van der Waals surface area contributed by atoms with Gasteiger partial charge >= 0.3 is 0 Å². The van der Waals surface area contributed by atoms with Gasteiger partial charge < -0.3 is 15.0 Å². The third kappa shape index (κ3) is 4.47. The number of amides is 1. The number of nitrogens with zero attached hydrogens (tertiary/aromatic N) is 3. The van der Waals surface area contributed by atoms with Gasteiger partial charge in [-0.1, -0.05) is 0 Å². The predicted molar refractivity (Wildman–Crippen MR) is 97.8 cm³/mol. The van der Waals surface area contributed by atoms with Crippen molar-refractivity contribution in [2.45, 2.75) is 32.8 Å². The predicted octanol–water partition coefficient (Wildman–Crippen LogP) is 3.26. The lowest BCUT2D eigenvalue weighted by Gasteiger charge is -2.32. The van der Waals surface area contributed by atoms with E-state index in [-0.39, 0.29) is 23.7 Å². The summed E-state index contributed by atoms with van der Waals surface area (Å²) in [5, 5.41) is 2.85. The number of nitrogens with one attached hydrogen (secondary N) is 1. The summed E-state index contributed by atoms with van der Waals surface area (Å²) in [5.74, 6) is 0.812. The smallest absolute Gasteiger partial charge is 0.257 e. The molecule has 3 rings (SSSR count). The fourth-order valence-corrected chi connectivity index (χ4v) is 2.97. The number of rotatable bonds is 5. The normalized spacial score (nSPS) is 15.2. The Labute approximate surface area is 152 Å². The van der Waals surface area contributed by atoms with E-state index in [2.05, 4.69) is 20.2 Å². The number of aromatic nitrogens is 2. The zero-order valence-electron chi connectivity index (χ0n) is 15.0. The molecule has 0 saturated carbocycles. The molecular weight excluding hydrogens is 335 g/mol. The number of carbonyl (C=O) groups excluding carboxylic acids is 1. The Bertz CT molecular complexity index is 743. The number of benzene rings is 1. The topological polar surface area (TPSA) is 67.4 Å². The van der Waals surface area contributed by atoms with Crippen LogP contribution in [0.5, 0.6) is 5.88 Å². The highest BCUT2D eigenvalue weighted by Crippen LogP contribution is 2.28. The molecule has 0 unspecified atom stereocenters. The van der Waals surface area contributed by atoms with E-state index in [1.165, 1.54) is 12.1 Å². The Hall–Kier alpha value is -2.70. The van der Waals surface area contributed by atoms with Gasteiger partial charge in [0.25, 0.3) is 5.88 Å². The molecule has 0 bridgehead atoms. The molecule has 1 amide bonds. The standard InChI is InChI=1S/C19H23FN4O2/c1-13(2)26-19-17(21-9-10-22-19)24-11-7-14(8-12-24)18(25)23-16-5-3-15(20)4-6-16/h3-6,9-10,13-14H,7-8,11-12H2,1-2H3,(H,23,25). The largest absolute Gasteiger partial charge is 0.472 e. The van der Waals surface area contributed by atoms with E-state index in [4.69, 9.17) is 4.74 Å². The van der Waals surface area contributed by atoms with Gasteiger partial charge in [-0.25, -0.2) is 14.4 Å². The van der Waals surface area contributed by atoms with E-state index in [9.17, 15) is 9.18 Å². The number of halogens is 1. The van der Waals surface area contributed by atoms with Crippen LogP contribution in [0.4, 0.5) is 15.9 Å². The maximum absolute atomic E-state index is 13.0. The molecule has 1 N–H and O–H groups in total. The molecule has 1 fully saturated rings. The van der Waals surface area contributed by atoms with Gasteiger partial charge in [0, 0.05) is 37.1 Å². The van der Waals surface area contributed by atoms with Crippen LogP contribution in [0, 0.1) is 11.7 Å². The first-order chi connectivity index (χ1) is 12.5. The molecular formula is C19H23FN4O2. The highest BCUT2D eigenvalue weighted by Gasteiger charge is 2.27. The van der Waals surface area contributed by atoms with Crippen LogP contribution in [0.3, 0.4) is 0 Å². The fourth-order valence-electron chi connectivity index (χ4n) is 2.97. The zero-order chi connectivity index (χ0) is 18.5. The third-order valence-electron chi connectivity index (χ3n) is 4.27. The minimum atomic E-state index is -0.320. The molecule has 2 aromatic rings. The van der Waals surface area contributed by atoms with Crippen LogP contribution in [0.1, 0.15) is 26.7 Å². The maximum Gasteiger partial charge on any atom is 0.257 e. The quantitative estimate of drug-likeness (QED) is 0.889. The number of ether oxygens (including phenoxy) is 1. The molecule has 26 heavy (non-hydrogen) atoms. The molecule has 2 heterocycles. The molecule has 1 aromatic heterocycles. The lowest BCUT2D eigenvalue weighted by Crippen LogP contribution is -2.39. The van der Waals surface area contributed by atoms with E-state index in [1.807, 2.05) is 13.8 Å². The second kappa shape index (κ2) is 8.12. The number of anilines is 2. The second-order valence-corrected chi connectivity index (χ2v) is 6.61. The molecule has 6 nitrogen and oxygen atoms in total. The summed E-state index contributed by atoms with van der Waals surface area (Å²) >= 11 is 0. The second-order valence-electron chi connectivity index (χ2n) is 6.61. The van der Waals surface area contributed by atoms with Crippen molar-refractivity contribution in [3.63, 3.8) is 0 Å². The molecule has 1 aliphatic rings. The van der Waals surface area contributed by atoms with Crippen molar-refractivity contribution < 1.29 is 13.9 Å². The first kappa shape index (κ1) is 18.1. The van der Waals surface area contributed by atoms with Crippen LogP contribution >= 0.6 is 0 Å². The van der Waals surface area contributed by atoms with Crippen molar-refractivity contribution in [1.29, 1.82) is 0 Å². The minimum Gasteiger partial charge on any atom is -0.472 e. The van der Waals surface area contributed by atoms with E-state index in [0.29, 0.717) is 37.5 Å². The van der Waals surface area contributed by atoms with Gasteiger partial charge in [0.15, 0.2) is 5.82 Å². The molecule has 1 aromatic carbocycles. The van der Waals surface area contributed by atoms with Crippen LogP contribution in [-0.2, 0) is 4.79 Å². The average molecular weight is 358 g/mol. The van der Waals surface area contributed by atoms with Gasteiger partial charge in [-0.3, -0.25) is 4.79 Å². The number of carbonyl (C=O) groups is 1.